The van der Waals surface area contributed by atoms with Crippen LogP contribution in [0.2, 0.25) is 0 Å². The van der Waals surface area contributed by atoms with Gasteiger partial charge in [-0.3, -0.25) is 0 Å². The zero-order valence-corrected chi connectivity index (χ0v) is 16.2. The molecule has 0 unspecified atom stereocenters. The average molecular weight is 460 g/mol. The highest BCUT2D eigenvalue weighted by Crippen LogP contribution is 2.31. The van der Waals surface area contributed by atoms with E-state index in [0.29, 0.717) is 0 Å². The van der Waals surface area contributed by atoms with Crippen molar-refractivity contribution >= 4 is 38.5 Å². The van der Waals surface area contributed by atoms with Crippen LogP contribution in [0.3, 0.4) is 0 Å². The molecule has 0 heterocycles. The zero-order valence-electron chi connectivity index (χ0n) is 12.4. The second-order valence-corrected chi connectivity index (χ2v) is 7.97. The van der Waals surface area contributed by atoms with Crippen molar-refractivity contribution in [1.82, 2.24) is 5.32 Å². The Hall–Kier alpha value is -0.590. The molecule has 0 aliphatic heterocycles. The summed E-state index contributed by atoms with van der Waals surface area (Å²) in [6, 6.07) is 14.1. The highest BCUT2D eigenvalue weighted by atomic mass is 127. The minimum Gasteiger partial charge on any atom is -0.456 e. The van der Waals surface area contributed by atoms with E-state index >= 15 is 0 Å². The van der Waals surface area contributed by atoms with Crippen molar-refractivity contribution in [2.75, 3.05) is 0 Å². The number of hydrogen-bond donors (Lipinski definition) is 1. The summed E-state index contributed by atoms with van der Waals surface area (Å²) < 4.78 is 8.26. The Morgan fingerprint density at radius 3 is 2.48 bits per heavy atom. The molecule has 4 heteroatoms. The third kappa shape index (κ3) is 5.27. The summed E-state index contributed by atoms with van der Waals surface area (Å²) in [4.78, 5) is 0. The Bertz CT molecular complexity index is 622. The van der Waals surface area contributed by atoms with Gasteiger partial charge in [-0.1, -0.05) is 28.1 Å². The molecule has 0 aromatic heterocycles. The number of para-hydroxylation sites is 1. The van der Waals surface area contributed by atoms with Crippen LogP contribution in [0, 0.1) is 3.57 Å². The molecule has 2 rings (SSSR count). The number of benzene rings is 2. The smallest absolute Gasteiger partial charge is 0.140 e. The zero-order chi connectivity index (χ0) is 15.5. The molecular weight excluding hydrogens is 441 g/mol. The molecule has 0 atom stereocenters. The summed E-state index contributed by atoms with van der Waals surface area (Å²) in [6.45, 7) is 7.24. The minimum atomic E-state index is 0.0702. The van der Waals surface area contributed by atoms with Crippen LogP contribution in [0.5, 0.6) is 11.5 Å². The van der Waals surface area contributed by atoms with E-state index in [4.69, 9.17) is 4.74 Å². The molecule has 0 saturated heterocycles. The van der Waals surface area contributed by atoms with Gasteiger partial charge in [0.2, 0.25) is 0 Å². The van der Waals surface area contributed by atoms with E-state index in [1.54, 1.807) is 0 Å². The average Bonchev–Trinajstić information content (AvgIpc) is 2.40. The summed E-state index contributed by atoms with van der Waals surface area (Å²) in [5, 5.41) is 3.50. The lowest BCUT2D eigenvalue weighted by Crippen LogP contribution is -2.35. The van der Waals surface area contributed by atoms with Gasteiger partial charge >= 0.3 is 0 Å². The number of ether oxygens (including phenoxy) is 1. The summed E-state index contributed by atoms with van der Waals surface area (Å²) >= 11 is 5.82. The van der Waals surface area contributed by atoms with Gasteiger partial charge in [0.05, 0.1) is 3.57 Å². The van der Waals surface area contributed by atoms with E-state index < -0.39 is 0 Å². The van der Waals surface area contributed by atoms with E-state index in [9.17, 15) is 0 Å². The molecule has 21 heavy (non-hydrogen) atoms. The van der Waals surface area contributed by atoms with Gasteiger partial charge in [-0.05, 0) is 73.7 Å². The second-order valence-electron chi connectivity index (χ2n) is 5.89. The molecule has 2 aromatic carbocycles. The van der Waals surface area contributed by atoms with Crippen LogP contribution in [0.25, 0.3) is 0 Å². The third-order valence-electron chi connectivity index (χ3n) is 2.89. The van der Waals surface area contributed by atoms with Crippen LogP contribution in [0.15, 0.2) is 46.9 Å². The fourth-order valence-electron chi connectivity index (χ4n) is 1.79. The Morgan fingerprint density at radius 1 is 1.10 bits per heavy atom. The lowest BCUT2D eigenvalue weighted by atomic mass is 10.1. The maximum absolute atomic E-state index is 6.09. The summed E-state index contributed by atoms with van der Waals surface area (Å²) in [5.74, 6) is 1.77. The quantitative estimate of drug-likeness (QED) is 0.589. The van der Waals surface area contributed by atoms with Crippen LogP contribution >= 0.6 is 38.5 Å². The van der Waals surface area contributed by atoms with E-state index in [2.05, 4.69) is 70.7 Å². The normalized spacial score (nSPS) is 11.5. The fraction of sp³-hybridized carbons (Fsp3) is 0.294. The first-order chi connectivity index (χ1) is 9.85. The van der Waals surface area contributed by atoms with Crippen LogP contribution < -0.4 is 10.1 Å². The highest BCUT2D eigenvalue weighted by molar-refractivity contribution is 14.1. The van der Waals surface area contributed by atoms with Gasteiger partial charge in [-0.25, -0.2) is 0 Å². The van der Waals surface area contributed by atoms with Crippen LogP contribution in [-0.4, -0.2) is 5.54 Å². The SMILES string of the molecule is CC(C)(C)NCc1cc(Br)ccc1Oc1ccccc1I. The van der Waals surface area contributed by atoms with Gasteiger partial charge in [0, 0.05) is 22.1 Å². The highest BCUT2D eigenvalue weighted by Gasteiger charge is 2.12. The minimum absolute atomic E-state index is 0.0702. The van der Waals surface area contributed by atoms with Crippen molar-refractivity contribution in [3.63, 3.8) is 0 Å². The number of halogens is 2. The molecular formula is C17H19BrINO. The molecule has 0 saturated carbocycles. The van der Waals surface area contributed by atoms with Crippen molar-refractivity contribution in [2.24, 2.45) is 0 Å². The molecule has 0 amide bonds. The molecule has 1 N–H and O–H groups in total. The monoisotopic (exact) mass is 459 g/mol. The lowest BCUT2D eigenvalue weighted by molar-refractivity contribution is 0.413. The molecule has 0 fully saturated rings. The summed E-state index contributed by atoms with van der Waals surface area (Å²) in [7, 11) is 0. The molecule has 2 nitrogen and oxygen atoms in total. The Balaban J connectivity index is 2.25. The van der Waals surface area contributed by atoms with E-state index in [1.165, 1.54) is 0 Å². The summed E-state index contributed by atoms with van der Waals surface area (Å²) in [6.07, 6.45) is 0. The molecule has 0 aliphatic rings. The first-order valence-electron chi connectivity index (χ1n) is 6.81. The van der Waals surface area contributed by atoms with Gasteiger partial charge < -0.3 is 10.1 Å². The molecule has 0 bridgehead atoms. The van der Waals surface area contributed by atoms with Gasteiger partial charge in [0.1, 0.15) is 11.5 Å². The predicted molar refractivity (Wildman–Crippen MR) is 100.0 cm³/mol. The molecule has 0 radical (unpaired) electrons. The third-order valence-corrected chi connectivity index (χ3v) is 4.27. The van der Waals surface area contributed by atoms with Crippen LogP contribution in [0.4, 0.5) is 0 Å². The maximum atomic E-state index is 6.09. The Kier molecular flexibility index (Phi) is 5.68. The van der Waals surface area contributed by atoms with Gasteiger partial charge in [0.15, 0.2) is 0 Å². The molecule has 0 spiro atoms. The van der Waals surface area contributed by atoms with Gasteiger partial charge in [-0.2, -0.15) is 0 Å². The standard InChI is InChI=1S/C17H19BrINO/c1-17(2,3)20-11-12-10-13(18)8-9-15(12)21-16-7-5-4-6-14(16)19/h4-10,20H,11H2,1-3H3. The first-order valence-corrected chi connectivity index (χ1v) is 8.68. The number of nitrogens with one attached hydrogen (secondary N) is 1. The topological polar surface area (TPSA) is 21.3 Å². The van der Waals surface area contributed by atoms with Crippen molar-refractivity contribution < 1.29 is 4.74 Å². The predicted octanol–water partition coefficient (Wildman–Crippen LogP) is 5.73. The van der Waals surface area contributed by atoms with Gasteiger partial charge in [-0.15, -0.1) is 0 Å². The number of rotatable bonds is 4. The van der Waals surface area contributed by atoms with Crippen LogP contribution in [-0.2, 0) is 6.54 Å². The van der Waals surface area contributed by atoms with Crippen molar-refractivity contribution in [2.45, 2.75) is 32.9 Å². The van der Waals surface area contributed by atoms with Crippen molar-refractivity contribution in [3.8, 4) is 11.5 Å². The number of hydrogen-bond acceptors (Lipinski definition) is 2. The molecule has 0 aliphatic carbocycles. The van der Waals surface area contributed by atoms with Crippen molar-refractivity contribution in [1.29, 1.82) is 0 Å². The first kappa shape index (κ1) is 16.8. The van der Waals surface area contributed by atoms with E-state index in [0.717, 1.165) is 31.7 Å². The maximum Gasteiger partial charge on any atom is 0.140 e. The van der Waals surface area contributed by atoms with E-state index in [-0.39, 0.29) is 5.54 Å². The fourth-order valence-corrected chi connectivity index (χ4v) is 2.70. The Morgan fingerprint density at radius 2 is 1.81 bits per heavy atom. The second kappa shape index (κ2) is 7.11. The lowest BCUT2D eigenvalue weighted by Gasteiger charge is -2.22. The van der Waals surface area contributed by atoms with Crippen LogP contribution in [0.1, 0.15) is 26.3 Å². The Labute approximate surface area is 148 Å². The summed E-state index contributed by atoms with van der Waals surface area (Å²) in [5.41, 5.74) is 1.21. The molecule has 112 valence electrons. The van der Waals surface area contributed by atoms with E-state index in [1.807, 2.05) is 36.4 Å². The van der Waals surface area contributed by atoms with Crippen molar-refractivity contribution in [3.05, 3.63) is 56.1 Å². The van der Waals surface area contributed by atoms with Gasteiger partial charge in [0.25, 0.3) is 0 Å². The largest absolute Gasteiger partial charge is 0.456 e. The molecule has 2 aromatic rings.